The minimum absolute atomic E-state index is 0.0565. The summed E-state index contributed by atoms with van der Waals surface area (Å²) in [6.07, 6.45) is 0. The van der Waals surface area contributed by atoms with Crippen LogP contribution in [0.15, 0.2) is 64.4 Å². The molecule has 1 heterocycles. The predicted molar refractivity (Wildman–Crippen MR) is 98.5 cm³/mol. The number of thioether (sulfide) groups is 1. The molecular formula is C17H14ClN3OS2. The van der Waals surface area contributed by atoms with Gasteiger partial charge in [0.15, 0.2) is 4.34 Å². The van der Waals surface area contributed by atoms with Crippen molar-refractivity contribution in [3.05, 3.63) is 76.3 Å². The van der Waals surface area contributed by atoms with E-state index in [2.05, 4.69) is 15.5 Å². The molecule has 0 radical (unpaired) electrons. The van der Waals surface area contributed by atoms with Crippen molar-refractivity contribution in [1.29, 1.82) is 0 Å². The van der Waals surface area contributed by atoms with Gasteiger partial charge in [0.25, 0.3) is 0 Å². The molecule has 1 aromatic heterocycles. The monoisotopic (exact) mass is 375 g/mol. The van der Waals surface area contributed by atoms with Gasteiger partial charge in [-0.3, -0.25) is 4.79 Å². The summed E-state index contributed by atoms with van der Waals surface area (Å²) in [6.45, 7) is 0. The number of amides is 1. The van der Waals surface area contributed by atoms with Gasteiger partial charge in [-0.1, -0.05) is 77.2 Å². The highest BCUT2D eigenvalue weighted by Crippen LogP contribution is 2.24. The third kappa shape index (κ3) is 4.56. The first-order valence-electron chi connectivity index (χ1n) is 7.21. The Morgan fingerprint density at radius 2 is 1.83 bits per heavy atom. The van der Waals surface area contributed by atoms with Crippen LogP contribution in [0.1, 0.15) is 17.2 Å². The van der Waals surface area contributed by atoms with Crippen LogP contribution in [-0.2, 0) is 4.79 Å². The molecule has 122 valence electrons. The van der Waals surface area contributed by atoms with Crippen LogP contribution in [0.25, 0.3) is 0 Å². The van der Waals surface area contributed by atoms with Gasteiger partial charge in [-0.2, -0.15) is 0 Å². The van der Waals surface area contributed by atoms with Crippen LogP contribution < -0.4 is 5.32 Å². The van der Waals surface area contributed by atoms with Crippen LogP contribution in [0.4, 0.5) is 0 Å². The van der Waals surface area contributed by atoms with Crippen LogP contribution in [0.3, 0.4) is 0 Å². The number of nitrogens with zero attached hydrogens (tertiary/aromatic N) is 2. The zero-order valence-electron chi connectivity index (χ0n) is 12.6. The summed E-state index contributed by atoms with van der Waals surface area (Å²) in [5, 5.41) is 11.5. The molecule has 4 nitrogen and oxygen atoms in total. The van der Waals surface area contributed by atoms with Crippen molar-refractivity contribution < 1.29 is 4.79 Å². The van der Waals surface area contributed by atoms with Crippen molar-refractivity contribution in [2.45, 2.75) is 10.4 Å². The molecule has 1 atom stereocenters. The first-order chi connectivity index (χ1) is 11.7. The second-order valence-electron chi connectivity index (χ2n) is 4.96. The van der Waals surface area contributed by atoms with Crippen molar-refractivity contribution >= 4 is 40.6 Å². The fourth-order valence-electron chi connectivity index (χ4n) is 2.22. The maximum atomic E-state index is 12.4. The summed E-state index contributed by atoms with van der Waals surface area (Å²) in [5.41, 5.74) is 3.66. The molecule has 0 aliphatic heterocycles. The molecule has 7 heteroatoms. The lowest BCUT2D eigenvalue weighted by Crippen LogP contribution is -2.30. The molecule has 0 saturated carbocycles. The Bertz CT molecular complexity index is 779. The van der Waals surface area contributed by atoms with E-state index < -0.39 is 0 Å². The molecule has 2 aromatic carbocycles. The number of nitrogens with one attached hydrogen (secondary N) is 1. The molecule has 3 rings (SSSR count). The SMILES string of the molecule is O=C(CSc1nncs1)NC(c1ccccc1)c1ccc(Cl)cc1. The van der Waals surface area contributed by atoms with E-state index in [9.17, 15) is 4.79 Å². The maximum absolute atomic E-state index is 12.4. The Kier molecular flexibility index (Phi) is 5.85. The lowest BCUT2D eigenvalue weighted by molar-refractivity contribution is -0.119. The van der Waals surface area contributed by atoms with Crippen molar-refractivity contribution in [1.82, 2.24) is 15.5 Å². The summed E-state index contributed by atoms with van der Waals surface area (Å²) in [7, 11) is 0. The number of benzene rings is 2. The number of carbonyl (C=O) groups is 1. The second kappa shape index (κ2) is 8.28. The fourth-order valence-corrected chi connectivity index (χ4v) is 3.64. The third-order valence-electron chi connectivity index (χ3n) is 3.31. The molecule has 0 fully saturated rings. The van der Waals surface area contributed by atoms with Crippen molar-refractivity contribution in [3.63, 3.8) is 0 Å². The first-order valence-corrected chi connectivity index (χ1v) is 9.45. The van der Waals surface area contributed by atoms with Gasteiger partial charge in [0.2, 0.25) is 5.91 Å². The van der Waals surface area contributed by atoms with E-state index in [0.29, 0.717) is 10.8 Å². The summed E-state index contributed by atoms with van der Waals surface area (Å²) in [4.78, 5) is 12.4. The second-order valence-corrected chi connectivity index (χ2v) is 7.45. The molecule has 1 amide bonds. The third-order valence-corrected chi connectivity index (χ3v) is 5.42. The van der Waals surface area contributed by atoms with E-state index >= 15 is 0 Å². The van der Waals surface area contributed by atoms with Crippen LogP contribution in [-0.4, -0.2) is 21.9 Å². The number of carbonyl (C=O) groups excluding carboxylic acids is 1. The van der Waals surface area contributed by atoms with Gasteiger partial charge < -0.3 is 5.32 Å². The predicted octanol–water partition coefficient (Wildman–Crippen LogP) is 4.19. The van der Waals surface area contributed by atoms with Gasteiger partial charge in [0.05, 0.1) is 11.8 Å². The minimum atomic E-state index is -0.217. The highest BCUT2D eigenvalue weighted by molar-refractivity contribution is 8.01. The van der Waals surface area contributed by atoms with Gasteiger partial charge in [0, 0.05) is 5.02 Å². The molecular weight excluding hydrogens is 362 g/mol. The first kappa shape index (κ1) is 17.0. The van der Waals surface area contributed by atoms with Gasteiger partial charge >= 0.3 is 0 Å². The summed E-state index contributed by atoms with van der Waals surface area (Å²) >= 11 is 8.78. The van der Waals surface area contributed by atoms with Crippen LogP contribution in [0.5, 0.6) is 0 Å². The Morgan fingerprint density at radius 3 is 2.50 bits per heavy atom. The average Bonchev–Trinajstić information content (AvgIpc) is 3.13. The Balaban J connectivity index is 1.74. The lowest BCUT2D eigenvalue weighted by atomic mass is 9.99. The lowest BCUT2D eigenvalue weighted by Gasteiger charge is -2.20. The Labute approximate surface area is 153 Å². The summed E-state index contributed by atoms with van der Waals surface area (Å²) in [5.74, 6) is 0.241. The van der Waals surface area contributed by atoms with E-state index in [1.807, 2.05) is 54.6 Å². The number of hydrogen-bond donors (Lipinski definition) is 1. The normalized spacial score (nSPS) is 11.9. The maximum Gasteiger partial charge on any atom is 0.231 e. The van der Waals surface area contributed by atoms with Crippen molar-refractivity contribution in [3.8, 4) is 0 Å². The summed E-state index contributed by atoms with van der Waals surface area (Å²) in [6, 6.07) is 17.2. The number of hydrogen-bond acceptors (Lipinski definition) is 5. The molecule has 0 bridgehead atoms. The van der Waals surface area contributed by atoms with E-state index in [1.165, 1.54) is 23.1 Å². The highest BCUT2D eigenvalue weighted by atomic mass is 35.5. The Hall–Kier alpha value is -1.89. The van der Waals surface area contributed by atoms with Crippen molar-refractivity contribution in [2.24, 2.45) is 0 Å². The quantitative estimate of drug-likeness (QED) is 0.656. The molecule has 1 unspecified atom stereocenters. The average molecular weight is 376 g/mol. The van der Waals surface area contributed by atoms with E-state index in [0.717, 1.165) is 15.5 Å². The summed E-state index contributed by atoms with van der Waals surface area (Å²) < 4.78 is 0.785. The van der Waals surface area contributed by atoms with E-state index in [-0.39, 0.29) is 11.9 Å². The van der Waals surface area contributed by atoms with Crippen LogP contribution >= 0.6 is 34.7 Å². The molecule has 0 saturated heterocycles. The van der Waals surface area contributed by atoms with Gasteiger partial charge in [-0.25, -0.2) is 0 Å². The molecule has 1 N–H and O–H groups in total. The van der Waals surface area contributed by atoms with Gasteiger partial charge in [0.1, 0.15) is 5.51 Å². The number of halogens is 1. The highest BCUT2D eigenvalue weighted by Gasteiger charge is 2.17. The minimum Gasteiger partial charge on any atom is -0.344 e. The van der Waals surface area contributed by atoms with Gasteiger partial charge in [-0.15, -0.1) is 10.2 Å². The molecule has 3 aromatic rings. The topological polar surface area (TPSA) is 54.9 Å². The molecule has 0 spiro atoms. The number of aromatic nitrogens is 2. The van der Waals surface area contributed by atoms with Crippen LogP contribution in [0.2, 0.25) is 5.02 Å². The largest absolute Gasteiger partial charge is 0.344 e. The molecule has 0 aliphatic carbocycles. The van der Waals surface area contributed by atoms with Crippen LogP contribution in [0, 0.1) is 0 Å². The molecule has 24 heavy (non-hydrogen) atoms. The zero-order chi connectivity index (χ0) is 16.8. The standard InChI is InChI=1S/C17H14ClN3OS2/c18-14-8-6-13(7-9-14)16(12-4-2-1-3-5-12)20-15(22)10-23-17-21-19-11-24-17/h1-9,11,16H,10H2,(H,20,22). The number of rotatable bonds is 6. The fraction of sp³-hybridized carbons (Fsp3) is 0.118. The van der Waals surface area contributed by atoms with Gasteiger partial charge in [-0.05, 0) is 23.3 Å². The zero-order valence-corrected chi connectivity index (χ0v) is 14.9. The molecule has 0 aliphatic rings. The van der Waals surface area contributed by atoms with Crippen molar-refractivity contribution in [2.75, 3.05) is 5.75 Å². The van der Waals surface area contributed by atoms with E-state index in [4.69, 9.17) is 11.6 Å². The smallest absolute Gasteiger partial charge is 0.231 e. The Morgan fingerprint density at radius 1 is 1.12 bits per heavy atom. The van der Waals surface area contributed by atoms with E-state index in [1.54, 1.807) is 5.51 Å².